The lowest BCUT2D eigenvalue weighted by atomic mass is 10.1. The highest BCUT2D eigenvalue weighted by atomic mass is 35.5. The van der Waals surface area contributed by atoms with Gasteiger partial charge in [-0.15, -0.1) is 0 Å². The first-order valence-corrected chi connectivity index (χ1v) is 10.8. The van der Waals surface area contributed by atoms with E-state index < -0.39 is 5.97 Å². The van der Waals surface area contributed by atoms with Crippen LogP contribution in [-0.2, 0) is 16.1 Å². The molecule has 3 aromatic rings. The Kier molecular flexibility index (Phi) is 8.14. The van der Waals surface area contributed by atoms with E-state index in [0.717, 1.165) is 5.56 Å². The molecule has 1 amide bonds. The number of carbonyl (C=O) groups excluding carboxylic acids is 2. The van der Waals surface area contributed by atoms with Gasteiger partial charge in [0.05, 0.1) is 18.7 Å². The molecule has 5 nitrogen and oxygen atoms in total. The Balaban J connectivity index is 1.86. The van der Waals surface area contributed by atoms with E-state index in [0.29, 0.717) is 32.6 Å². The molecule has 3 rings (SSSR count). The lowest BCUT2D eigenvalue weighted by Gasteiger charge is -2.24. The summed E-state index contributed by atoms with van der Waals surface area (Å²) in [5, 5.41) is 0.913. The monoisotopic (exact) mass is 471 g/mol. The van der Waals surface area contributed by atoms with E-state index in [2.05, 4.69) is 0 Å². The van der Waals surface area contributed by atoms with E-state index in [1.54, 1.807) is 55.5 Å². The maximum Gasteiger partial charge on any atom is 0.338 e. The molecule has 0 atom stereocenters. The van der Waals surface area contributed by atoms with Gasteiger partial charge in [-0.05, 0) is 67.9 Å². The number of rotatable bonds is 8. The number of carbonyl (C=O) groups is 2. The molecular weight excluding hydrogens is 449 g/mol. The molecule has 0 unspecified atom stereocenters. The summed E-state index contributed by atoms with van der Waals surface area (Å²) >= 11 is 12.7. The number of halogens is 2. The molecule has 0 radical (unpaired) electrons. The average molecular weight is 472 g/mol. The number of ether oxygens (including phenoxy) is 2. The topological polar surface area (TPSA) is 55.8 Å². The predicted octanol–water partition coefficient (Wildman–Crippen LogP) is 6.09. The third-order valence-corrected chi connectivity index (χ3v) is 5.43. The van der Waals surface area contributed by atoms with Crippen molar-refractivity contribution in [2.45, 2.75) is 20.4 Å². The van der Waals surface area contributed by atoms with Crippen molar-refractivity contribution in [3.05, 3.63) is 93.5 Å². The third kappa shape index (κ3) is 6.02. The first-order chi connectivity index (χ1) is 15.4. The van der Waals surface area contributed by atoms with Gasteiger partial charge in [-0.1, -0.05) is 41.4 Å². The minimum Gasteiger partial charge on any atom is -0.484 e. The largest absolute Gasteiger partial charge is 0.484 e. The second kappa shape index (κ2) is 11.0. The van der Waals surface area contributed by atoms with Crippen LogP contribution >= 0.6 is 23.2 Å². The number of amides is 1. The standard InChI is InChI=1S/C25H23Cl2NO4/c1-3-31-25(30)18-10-12-19(13-11-18)28(15-21-22(26)8-5-9-23(21)27)24(29)16-32-20-7-4-6-17(2)14-20/h4-14H,3,15-16H2,1-2H3. The predicted molar refractivity (Wildman–Crippen MR) is 127 cm³/mol. The normalized spacial score (nSPS) is 10.5. The van der Waals surface area contributed by atoms with Crippen LogP contribution in [-0.4, -0.2) is 25.1 Å². The summed E-state index contributed by atoms with van der Waals surface area (Å²) in [5.74, 6) is -0.105. The number of anilines is 1. The molecular formula is C25H23Cl2NO4. The quantitative estimate of drug-likeness (QED) is 0.373. The van der Waals surface area contributed by atoms with Crippen LogP contribution in [0, 0.1) is 6.92 Å². The Morgan fingerprint density at radius 2 is 1.59 bits per heavy atom. The van der Waals surface area contributed by atoms with E-state index in [4.69, 9.17) is 32.7 Å². The summed E-state index contributed by atoms with van der Waals surface area (Å²) in [6.07, 6.45) is 0. The smallest absolute Gasteiger partial charge is 0.338 e. The summed E-state index contributed by atoms with van der Waals surface area (Å²) in [5.41, 5.74) is 2.63. The third-order valence-electron chi connectivity index (χ3n) is 4.72. The van der Waals surface area contributed by atoms with E-state index in [9.17, 15) is 9.59 Å². The maximum absolute atomic E-state index is 13.2. The molecule has 0 heterocycles. The summed E-state index contributed by atoms with van der Waals surface area (Å²) in [7, 11) is 0. The van der Waals surface area contributed by atoms with Crippen molar-refractivity contribution in [3.8, 4) is 5.75 Å². The van der Waals surface area contributed by atoms with Gasteiger partial charge in [-0.2, -0.15) is 0 Å². The van der Waals surface area contributed by atoms with E-state index >= 15 is 0 Å². The van der Waals surface area contributed by atoms with Crippen molar-refractivity contribution < 1.29 is 19.1 Å². The lowest BCUT2D eigenvalue weighted by molar-refractivity contribution is -0.120. The van der Waals surface area contributed by atoms with Gasteiger partial charge in [0.15, 0.2) is 6.61 Å². The van der Waals surface area contributed by atoms with Crippen LogP contribution in [0.1, 0.15) is 28.4 Å². The van der Waals surface area contributed by atoms with Crippen LogP contribution in [0.15, 0.2) is 66.7 Å². The van der Waals surface area contributed by atoms with Crippen LogP contribution in [0.4, 0.5) is 5.69 Å². The number of hydrogen-bond acceptors (Lipinski definition) is 4. The van der Waals surface area contributed by atoms with Crippen molar-refractivity contribution in [3.63, 3.8) is 0 Å². The number of hydrogen-bond donors (Lipinski definition) is 0. The zero-order valence-corrected chi connectivity index (χ0v) is 19.3. The van der Waals surface area contributed by atoms with Gasteiger partial charge >= 0.3 is 5.97 Å². The molecule has 0 aromatic heterocycles. The average Bonchev–Trinajstić information content (AvgIpc) is 2.78. The zero-order chi connectivity index (χ0) is 23.1. The molecule has 0 aliphatic rings. The highest BCUT2D eigenvalue weighted by Gasteiger charge is 2.20. The fourth-order valence-electron chi connectivity index (χ4n) is 3.08. The van der Waals surface area contributed by atoms with Gasteiger partial charge in [-0.3, -0.25) is 4.79 Å². The Bertz CT molecular complexity index is 1080. The Morgan fingerprint density at radius 3 is 2.22 bits per heavy atom. The molecule has 0 saturated heterocycles. The minimum absolute atomic E-state index is 0.146. The van der Waals surface area contributed by atoms with Gasteiger partial charge in [0.25, 0.3) is 5.91 Å². The maximum atomic E-state index is 13.2. The van der Waals surface area contributed by atoms with Crippen molar-refractivity contribution in [1.82, 2.24) is 0 Å². The van der Waals surface area contributed by atoms with Gasteiger partial charge in [-0.25, -0.2) is 4.79 Å². The SMILES string of the molecule is CCOC(=O)c1ccc(N(Cc2c(Cl)cccc2Cl)C(=O)COc2cccc(C)c2)cc1. The summed E-state index contributed by atoms with van der Waals surface area (Å²) in [4.78, 5) is 26.7. The molecule has 0 saturated carbocycles. The Labute approximate surface area is 197 Å². The first-order valence-electron chi connectivity index (χ1n) is 10.1. The van der Waals surface area contributed by atoms with Gasteiger partial charge in [0, 0.05) is 21.3 Å². The van der Waals surface area contributed by atoms with Crippen molar-refractivity contribution in [2.24, 2.45) is 0 Å². The van der Waals surface area contributed by atoms with E-state index in [1.165, 1.54) is 4.90 Å². The molecule has 0 fully saturated rings. The molecule has 0 spiro atoms. The van der Waals surface area contributed by atoms with Crippen LogP contribution in [0.2, 0.25) is 10.0 Å². The molecule has 7 heteroatoms. The minimum atomic E-state index is -0.422. The highest BCUT2D eigenvalue weighted by Crippen LogP contribution is 2.28. The number of esters is 1. The zero-order valence-electron chi connectivity index (χ0n) is 17.8. The van der Waals surface area contributed by atoms with Gasteiger partial charge < -0.3 is 14.4 Å². The second-order valence-corrected chi connectivity index (χ2v) is 7.87. The molecule has 0 aliphatic carbocycles. The van der Waals surface area contributed by atoms with Crippen LogP contribution in [0.3, 0.4) is 0 Å². The van der Waals surface area contributed by atoms with Gasteiger partial charge in [0.2, 0.25) is 0 Å². The van der Waals surface area contributed by atoms with Crippen molar-refractivity contribution >= 4 is 40.8 Å². The molecule has 166 valence electrons. The fraction of sp³-hybridized carbons (Fsp3) is 0.200. The van der Waals surface area contributed by atoms with Crippen LogP contribution < -0.4 is 9.64 Å². The second-order valence-electron chi connectivity index (χ2n) is 7.05. The van der Waals surface area contributed by atoms with Crippen molar-refractivity contribution in [1.29, 1.82) is 0 Å². The molecule has 32 heavy (non-hydrogen) atoms. The highest BCUT2D eigenvalue weighted by molar-refractivity contribution is 6.36. The molecule has 0 bridgehead atoms. The molecule has 0 N–H and O–H groups in total. The molecule has 0 aliphatic heterocycles. The summed E-state index contributed by atoms with van der Waals surface area (Å²) in [6.45, 7) is 3.95. The first kappa shape index (κ1) is 23.6. The lowest BCUT2D eigenvalue weighted by Crippen LogP contribution is -2.34. The summed E-state index contributed by atoms with van der Waals surface area (Å²) in [6, 6.07) is 19.2. The summed E-state index contributed by atoms with van der Waals surface area (Å²) < 4.78 is 10.7. The van der Waals surface area contributed by atoms with Crippen LogP contribution in [0.25, 0.3) is 0 Å². The molecule has 3 aromatic carbocycles. The fourth-order valence-corrected chi connectivity index (χ4v) is 3.60. The Hall–Kier alpha value is -3.02. The van der Waals surface area contributed by atoms with E-state index in [1.807, 2.05) is 25.1 Å². The Morgan fingerprint density at radius 1 is 0.938 bits per heavy atom. The number of nitrogens with zero attached hydrogens (tertiary/aromatic N) is 1. The van der Waals surface area contributed by atoms with E-state index in [-0.39, 0.29) is 25.7 Å². The van der Waals surface area contributed by atoms with Crippen LogP contribution in [0.5, 0.6) is 5.75 Å². The number of benzene rings is 3. The van der Waals surface area contributed by atoms with Crippen molar-refractivity contribution in [2.75, 3.05) is 18.1 Å². The van der Waals surface area contributed by atoms with Gasteiger partial charge in [0.1, 0.15) is 5.75 Å². The number of aryl methyl sites for hydroxylation is 1.